The zero-order valence-corrected chi connectivity index (χ0v) is 24.9. The van der Waals surface area contributed by atoms with E-state index in [0.717, 1.165) is 23.2 Å². The summed E-state index contributed by atoms with van der Waals surface area (Å²) in [5.74, 6) is -1.42. The van der Waals surface area contributed by atoms with Crippen molar-refractivity contribution in [2.75, 3.05) is 23.9 Å². The summed E-state index contributed by atoms with van der Waals surface area (Å²) in [5.41, 5.74) is 3.06. The summed E-state index contributed by atoms with van der Waals surface area (Å²) in [6.07, 6.45) is 2.37. The van der Waals surface area contributed by atoms with Crippen LogP contribution in [-0.2, 0) is 31.6 Å². The largest absolute Gasteiger partial charge is 0.489 e. The Morgan fingerprint density at radius 2 is 1.88 bits per heavy atom. The lowest BCUT2D eigenvalue weighted by Crippen LogP contribution is -2.56. The fourth-order valence-electron chi connectivity index (χ4n) is 4.94. The molecule has 4 amide bonds. The molecule has 0 spiro atoms. The van der Waals surface area contributed by atoms with Gasteiger partial charge in [0.15, 0.2) is 5.13 Å². The molecule has 1 aliphatic rings. The summed E-state index contributed by atoms with van der Waals surface area (Å²) in [5, 5.41) is 16.7. The van der Waals surface area contributed by atoms with Gasteiger partial charge in [-0.2, -0.15) is 0 Å². The molecular formula is C27H32N6O7S2. The second-order valence-corrected chi connectivity index (χ2v) is 13.2. The van der Waals surface area contributed by atoms with Crippen molar-refractivity contribution in [3.05, 3.63) is 70.5 Å². The Kier molecular flexibility index (Phi) is 9.43. The molecule has 15 heteroatoms. The Morgan fingerprint density at radius 1 is 1.19 bits per heavy atom. The average Bonchev–Trinajstić information content (AvgIpc) is 3.55. The summed E-state index contributed by atoms with van der Waals surface area (Å²) in [7, 11) is -3.47. The van der Waals surface area contributed by atoms with Crippen molar-refractivity contribution in [3.63, 3.8) is 0 Å². The first-order valence-corrected chi connectivity index (χ1v) is 15.9. The molecule has 4 N–H and O–H groups in total. The van der Waals surface area contributed by atoms with Crippen LogP contribution < -0.4 is 20.9 Å². The lowest BCUT2D eigenvalue weighted by Gasteiger charge is -2.32. The summed E-state index contributed by atoms with van der Waals surface area (Å²) in [6.45, 7) is 4.12. The third kappa shape index (κ3) is 7.40. The molecule has 2 aromatic heterocycles. The predicted octanol–water partition coefficient (Wildman–Crippen LogP) is 2.29. The maximum Gasteiger partial charge on any atom is 0.322 e. The van der Waals surface area contributed by atoms with Crippen LogP contribution in [0.15, 0.2) is 48.0 Å². The molecule has 13 nitrogen and oxygen atoms in total. The summed E-state index contributed by atoms with van der Waals surface area (Å²) in [4.78, 5) is 49.2. The first kappa shape index (κ1) is 30.9. The number of hydroxylamine groups is 1. The van der Waals surface area contributed by atoms with Crippen molar-refractivity contribution in [1.29, 1.82) is 0 Å². The van der Waals surface area contributed by atoms with Gasteiger partial charge in [0.2, 0.25) is 0 Å². The number of nitrogens with zero attached hydrogens (tertiary/aromatic N) is 3. The van der Waals surface area contributed by atoms with Crippen LogP contribution in [0.1, 0.15) is 35.4 Å². The number of urea groups is 1. The van der Waals surface area contributed by atoms with Crippen LogP contribution >= 0.6 is 11.3 Å². The van der Waals surface area contributed by atoms with Crippen LogP contribution in [0.5, 0.6) is 5.75 Å². The van der Waals surface area contributed by atoms with E-state index in [4.69, 9.17) is 4.74 Å². The van der Waals surface area contributed by atoms with E-state index in [1.54, 1.807) is 29.6 Å². The number of hydrogen-bond donors (Lipinski definition) is 4. The number of anilines is 1. The van der Waals surface area contributed by atoms with Gasteiger partial charge in [-0.05, 0) is 55.7 Å². The normalized spacial score (nSPS) is 17.5. The SMILES string of the molecule is Cc1cc(COc2ccc(C3(NC(=O)Nc4nccs4)CCN(C(CCS(C)(=O)=O)C(=O)NO)C3=O)cc2)cc(C)n1. The van der Waals surface area contributed by atoms with Gasteiger partial charge in [-0.3, -0.25) is 25.1 Å². The fraction of sp³-hybridized carbons (Fsp3) is 0.370. The minimum Gasteiger partial charge on any atom is -0.489 e. The number of carbonyl (C=O) groups is 3. The Labute approximate surface area is 247 Å². The number of amides is 4. The highest BCUT2D eigenvalue weighted by Gasteiger charge is 2.52. The van der Waals surface area contributed by atoms with Crippen molar-refractivity contribution < 1.29 is 32.7 Å². The third-order valence-corrected chi connectivity index (χ3v) is 8.44. The Bertz CT molecular complexity index is 1530. The van der Waals surface area contributed by atoms with Crippen LogP contribution in [0.25, 0.3) is 0 Å². The zero-order chi connectivity index (χ0) is 30.5. The number of pyridine rings is 1. The minimum atomic E-state index is -3.47. The number of sulfone groups is 1. The Balaban J connectivity index is 1.61. The highest BCUT2D eigenvalue weighted by molar-refractivity contribution is 7.90. The predicted molar refractivity (Wildman–Crippen MR) is 155 cm³/mol. The maximum atomic E-state index is 14.0. The van der Waals surface area contributed by atoms with Gasteiger partial charge in [0.05, 0.1) is 5.75 Å². The first-order valence-electron chi connectivity index (χ1n) is 13.0. The van der Waals surface area contributed by atoms with Gasteiger partial charge in [0.1, 0.15) is 33.8 Å². The highest BCUT2D eigenvalue weighted by atomic mass is 32.2. The van der Waals surface area contributed by atoms with E-state index in [1.165, 1.54) is 27.9 Å². The Morgan fingerprint density at radius 3 is 2.48 bits per heavy atom. The minimum absolute atomic E-state index is 0.0111. The summed E-state index contributed by atoms with van der Waals surface area (Å²) in [6, 6.07) is 8.54. The quantitative estimate of drug-likeness (QED) is 0.186. The summed E-state index contributed by atoms with van der Waals surface area (Å²) >= 11 is 1.20. The molecule has 224 valence electrons. The van der Waals surface area contributed by atoms with E-state index in [0.29, 0.717) is 23.1 Å². The highest BCUT2D eigenvalue weighted by Crippen LogP contribution is 2.36. The molecule has 1 aromatic carbocycles. The number of likely N-dealkylation sites (tertiary alicyclic amines) is 1. The van der Waals surface area contributed by atoms with Crippen molar-refractivity contribution in [1.82, 2.24) is 25.7 Å². The van der Waals surface area contributed by atoms with Gasteiger partial charge >= 0.3 is 6.03 Å². The van der Waals surface area contributed by atoms with Crippen LogP contribution in [0, 0.1) is 13.8 Å². The second-order valence-electron chi connectivity index (χ2n) is 10.1. The number of hydrogen-bond acceptors (Lipinski definition) is 10. The van der Waals surface area contributed by atoms with Crippen LogP contribution in [0.2, 0.25) is 0 Å². The number of aromatic nitrogens is 2. The van der Waals surface area contributed by atoms with Gasteiger partial charge in [0, 0.05) is 42.2 Å². The van der Waals surface area contributed by atoms with Crippen molar-refractivity contribution in [3.8, 4) is 5.75 Å². The van der Waals surface area contributed by atoms with E-state index in [-0.39, 0.29) is 25.1 Å². The van der Waals surface area contributed by atoms with Crippen molar-refractivity contribution >= 4 is 44.2 Å². The third-order valence-electron chi connectivity index (χ3n) is 6.78. The van der Waals surface area contributed by atoms with Gasteiger partial charge in [0.25, 0.3) is 11.8 Å². The van der Waals surface area contributed by atoms with E-state index in [1.807, 2.05) is 26.0 Å². The first-order chi connectivity index (χ1) is 19.9. The van der Waals surface area contributed by atoms with Crippen molar-refractivity contribution in [2.45, 2.75) is 44.9 Å². The number of thiazole rings is 1. The smallest absolute Gasteiger partial charge is 0.322 e. The number of ether oxygens (including phenoxy) is 1. The molecule has 0 bridgehead atoms. The number of carbonyl (C=O) groups excluding carboxylic acids is 3. The standard InChI is InChI=1S/C27H32N6O7S2/c1-17-14-19(15-18(2)29-17)16-40-21-6-4-20(5-7-21)27(31-25(36)30-26-28-10-12-41-26)9-11-33(24(27)35)22(23(34)32-37)8-13-42(3,38)39/h4-7,10,12,14-15,22,37H,8-9,11,13,16H2,1-3H3,(H,32,34)(H2,28,30,31,36). The molecule has 42 heavy (non-hydrogen) atoms. The molecule has 2 atom stereocenters. The molecule has 0 radical (unpaired) electrons. The monoisotopic (exact) mass is 616 g/mol. The molecular weight excluding hydrogens is 584 g/mol. The molecule has 1 aliphatic heterocycles. The lowest BCUT2D eigenvalue weighted by atomic mass is 9.88. The lowest BCUT2D eigenvalue weighted by molar-refractivity contribution is -0.144. The van der Waals surface area contributed by atoms with Crippen LogP contribution in [0.3, 0.4) is 0 Å². The molecule has 0 saturated carbocycles. The molecule has 2 unspecified atom stereocenters. The summed E-state index contributed by atoms with van der Waals surface area (Å²) < 4.78 is 29.6. The maximum absolute atomic E-state index is 14.0. The van der Waals surface area contributed by atoms with Crippen molar-refractivity contribution in [2.24, 2.45) is 0 Å². The number of rotatable bonds is 11. The second kappa shape index (κ2) is 12.8. The number of aryl methyl sites for hydroxylation is 2. The average molecular weight is 617 g/mol. The molecule has 3 aromatic rings. The topological polar surface area (TPSA) is 180 Å². The number of nitrogens with one attached hydrogen (secondary N) is 3. The fourth-order valence-corrected chi connectivity index (χ4v) is 6.11. The van der Waals surface area contributed by atoms with Gasteiger partial charge in [-0.1, -0.05) is 12.1 Å². The molecule has 1 saturated heterocycles. The molecule has 1 fully saturated rings. The van der Waals surface area contributed by atoms with Crippen LogP contribution in [0.4, 0.5) is 9.93 Å². The van der Waals surface area contributed by atoms with Crippen LogP contribution in [-0.4, -0.2) is 70.9 Å². The molecule has 4 rings (SSSR count). The zero-order valence-electron chi connectivity index (χ0n) is 23.3. The van der Waals surface area contributed by atoms with E-state index in [9.17, 15) is 28.0 Å². The molecule has 3 heterocycles. The van der Waals surface area contributed by atoms with Gasteiger partial charge < -0.3 is 15.0 Å². The Hall–Kier alpha value is -4.08. The van der Waals surface area contributed by atoms with E-state index >= 15 is 0 Å². The van der Waals surface area contributed by atoms with E-state index in [2.05, 4.69) is 20.6 Å². The van der Waals surface area contributed by atoms with Gasteiger partial charge in [-0.15, -0.1) is 11.3 Å². The van der Waals surface area contributed by atoms with Gasteiger partial charge in [-0.25, -0.2) is 23.7 Å². The number of benzene rings is 1. The van der Waals surface area contributed by atoms with E-state index < -0.39 is 39.3 Å². The molecule has 0 aliphatic carbocycles.